The maximum absolute atomic E-state index is 13.3. The van der Waals surface area contributed by atoms with Crippen LogP contribution in [0.15, 0.2) is 22.7 Å². The Morgan fingerprint density at radius 3 is 2.67 bits per heavy atom. The van der Waals surface area contributed by atoms with Gasteiger partial charge in [0.2, 0.25) is 5.91 Å². The van der Waals surface area contributed by atoms with E-state index in [-0.39, 0.29) is 30.1 Å². The van der Waals surface area contributed by atoms with E-state index in [4.69, 9.17) is 0 Å². The molecule has 1 aliphatic carbocycles. The number of rotatable bonds is 3. The van der Waals surface area contributed by atoms with Crippen molar-refractivity contribution in [1.82, 2.24) is 4.90 Å². The highest BCUT2D eigenvalue weighted by Gasteiger charge is 2.43. The smallest absolute Gasteiger partial charge is 0.252 e. The Bertz CT molecular complexity index is 587. The molecule has 0 radical (unpaired) electrons. The van der Waals surface area contributed by atoms with E-state index < -0.39 is 6.04 Å². The van der Waals surface area contributed by atoms with Crippen molar-refractivity contribution in [3.8, 4) is 0 Å². The molecule has 21 heavy (non-hydrogen) atoms. The van der Waals surface area contributed by atoms with E-state index in [1.165, 1.54) is 17.0 Å². The minimum Gasteiger partial charge on any atom is -0.372 e. The second-order valence-electron chi connectivity index (χ2n) is 5.57. The van der Waals surface area contributed by atoms with Gasteiger partial charge in [0.1, 0.15) is 11.9 Å². The largest absolute Gasteiger partial charge is 0.372 e. The van der Waals surface area contributed by atoms with Gasteiger partial charge in [-0.05, 0) is 47.0 Å². The van der Waals surface area contributed by atoms with Crippen LogP contribution in [0, 0.1) is 5.82 Å². The standard InChI is InChI=1S/C15H16BrFN2O2/c16-11-6-5-9(17)7-12(11)18-13-8-14(20)19(15(13)21)10-3-1-2-4-10/h5-7,10,13,18H,1-4,8H2. The van der Waals surface area contributed by atoms with Gasteiger partial charge in [0.15, 0.2) is 0 Å². The molecular weight excluding hydrogens is 339 g/mol. The van der Waals surface area contributed by atoms with Gasteiger partial charge in [-0.15, -0.1) is 0 Å². The van der Waals surface area contributed by atoms with Crippen LogP contribution >= 0.6 is 15.9 Å². The Balaban J connectivity index is 1.76. The van der Waals surface area contributed by atoms with Crippen LogP contribution in [0.5, 0.6) is 0 Å². The van der Waals surface area contributed by atoms with E-state index in [9.17, 15) is 14.0 Å². The predicted molar refractivity (Wildman–Crippen MR) is 80.2 cm³/mol. The Morgan fingerprint density at radius 1 is 1.24 bits per heavy atom. The summed E-state index contributed by atoms with van der Waals surface area (Å²) in [6, 6.07) is 3.68. The van der Waals surface area contributed by atoms with Gasteiger partial charge >= 0.3 is 0 Å². The third-order valence-corrected chi connectivity index (χ3v) is 4.82. The molecule has 1 saturated carbocycles. The Hall–Kier alpha value is -1.43. The van der Waals surface area contributed by atoms with Gasteiger partial charge in [-0.1, -0.05) is 12.8 Å². The number of hydrogen-bond donors (Lipinski definition) is 1. The Labute approximate surface area is 130 Å². The highest BCUT2D eigenvalue weighted by molar-refractivity contribution is 9.10. The first-order valence-corrected chi connectivity index (χ1v) is 7.93. The lowest BCUT2D eigenvalue weighted by Gasteiger charge is -2.22. The fourth-order valence-corrected chi connectivity index (χ4v) is 3.47. The molecule has 1 aliphatic heterocycles. The number of imide groups is 1. The number of halogens is 2. The van der Waals surface area contributed by atoms with E-state index in [2.05, 4.69) is 21.2 Å². The third kappa shape index (κ3) is 2.81. The fourth-order valence-electron chi connectivity index (χ4n) is 3.11. The van der Waals surface area contributed by atoms with Gasteiger partial charge in [0.25, 0.3) is 5.91 Å². The van der Waals surface area contributed by atoms with E-state index >= 15 is 0 Å². The monoisotopic (exact) mass is 354 g/mol. The minimum atomic E-state index is -0.601. The topological polar surface area (TPSA) is 49.4 Å². The number of carbonyl (C=O) groups is 2. The first kappa shape index (κ1) is 14.5. The van der Waals surface area contributed by atoms with Gasteiger partial charge in [-0.25, -0.2) is 4.39 Å². The molecule has 2 aliphatic rings. The molecule has 1 aromatic rings. The SMILES string of the molecule is O=C1CC(Nc2cc(F)ccc2Br)C(=O)N1C1CCCC1. The van der Waals surface area contributed by atoms with Crippen LogP contribution in [0.25, 0.3) is 0 Å². The first-order valence-electron chi connectivity index (χ1n) is 7.14. The van der Waals surface area contributed by atoms with E-state index in [1.54, 1.807) is 6.07 Å². The van der Waals surface area contributed by atoms with Gasteiger partial charge < -0.3 is 5.32 Å². The van der Waals surface area contributed by atoms with Crippen molar-refractivity contribution in [2.45, 2.75) is 44.2 Å². The zero-order valence-corrected chi connectivity index (χ0v) is 13.0. The molecule has 3 rings (SSSR count). The predicted octanol–water partition coefficient (Wildman–Crippen LogP) is 3.07. The van der Waals surface area contributed by atoms with Gasteiger partial charge in [0.05, 0.1) is 12.1 Å². The summed E-state index contributed by atoms with van der Waals surface area (Å²) >= 11 is 3.32. The average Bonchev–Trinajstić information content (AvgIpc) is 3.03. The molecule has 1 saturated heterocycles. The van der Waals surface area contributed by atoms with E-state index in [0.717, 1.165) is 25.7 Å². The number of hydrogen-bond acceptors (Lipinski definition) is 3. The number of nitrogens with one attached hydrogen (secondary N) is 1. The van der Waals surface area contributed by atoms with Gasteiger partial charge in [-0.2, -0.15) is 0 Å². The molecular formula is C15H16BrFN2O2. The van der Waals surface area contributed by atoms with E-state index in [1.807, 2.05) is 0 Å². The minimum absolute atomic E-state index is 0.0488. The molecule has 6 heteroatoms. The lowest BCUT2D eigenvalue weighted by atomic mass is 10.2. The number of benzene rings is 1. The second-order valence-corrected chi connectivity index (χ2v) is 6.42. The van der Waals surface area contributed by atoms with Crippen LogP contribution in [0.3, 0.4) is 0 Å². The van der Waals surface area contributed by atoms with Gasteiger partial charge in [-0.3, -0.25) is 14.5 Å². The maximum Gasteiger partial charge on any atom is 0.252 e. The molecule has 0 bridgehead atoms. The van der Waals surface area contributed by atoms with Crippen LogP contribution in [-0.4, -0.2) is 28.8 Å². The third-order valence-electron chi connectivity index (χ3n) is 4.13. The van der Waals surface area contributed by atoms with Gasteiger partial charge in [0, 0.05) is 10.5 Å². The lowest BCUT2D eigenvalue weighted by Crippen LogP contribution is -2.41. The molecule has 1 unspecified atom stereocenters. The zero-order valence-electron chi connectivity index (χ0n) is 11.4. The first-order chi connectivity index (χ1) is 10.1. The van der Waals surface area contributed by atoms with Crippen LogP contribution in [0.4, 0.5) is 10.1 Å². The highest BCUT2D eigenvalue weighted by Crippen LogP contribution is 2.31. The van der Waals surface area contributed by atoms with Crippen molar-refractivity contribution < 1.29 is 14.0 Å². The lowest BCUT2D eigenvalue weighted by molar-refractivity contribution is -0.141. The van der Waals surface area contributed by atoms with Crippen molar-refractivity contribution >= 4 is 33.4 Å². The summed E-state index contributed by atoms with van der Waals surface area (Å²) in [6.07, 6.45) is 4.06. The summed E-state index contributed by atoms with van der Waals surface area (Å²) in [5.74, 6) is -0.704. The number of carbonyl (C=O) groups excluding carboxylic acids is 2. The van der Waals surface area contributed by atoms with Crippen molar-refractivity contribution in [3.05, 3.63) is 28.5 Å². The summed E-state index contributed by atoms with van der Waals surface area (Å²) in [7, 11) is 0. The fraction of sp³-hybridized carbons (Fsp3) is 0.467. The van der Waals surface area contributed by atoms with Crippen molar-refractivity contribution in [1.29, 1.82) is 0 Å². The van der Waals surface area contributed by atoms with Crippen LogP contribution < -0.4 is 5.32 Å². The molecule has 2 fully saturated rings. The van der Waals surface area contributed by atoms with Crippen molar-refractivity contribution in [2.75, 3.05) is 5.32 Å². The summed E-state index contributed by atoms with van der Waals surface area (Å²) in [5.41, 5.74) is 0.495. The molecule has 1 N–H and O–H groups in total. The summed E-state index contributed by atoms with van der Waals surface area (Å²) < 4.78 is 14.0. The molecule has 112 valence electrons. The zero-order chi connectivity index (χ0) is 15.0. The van der Waals surface area contributed by atoms with Crippen molar-refractivity contribution in [3.63, 3.8) is 0 Å². The second kappa shape index (κ2) is 5.75. The summed E-state index contributed by atoms with van der Waals surface area (Å²) in [6.45, 7) is 0. The molecule has 4 nitrogen and oxygen atoms in total. The molecule has 0 spiro atoms. The molecule has 1 heterocycles. The normalized spacial score (nSPS) is 23.1. The average molecular weight is 355 g/mol. The molecule has 0 aromatic heterocycles. The number of nitrogens with zero attached hydrogens (tertiary/aromatic N) is 1. The van der Waals surface area contributed by atoms with E-state index in [0.29, 0.717) is 10.2 Å². The van der Waals surface area contributed by atoms with Crippen LogP contribution in [0.1, 0.15) is 32.1 Å². The molecule has 1 aromatic carbocycles. The quantitative estimate of drug-likeness (QED) is 0.848. The molecule has 1 atom stereocenters. The van der Waals surface area contributed by atoms with Crippen LogP contribution in [-0.2, 0) is 9.59 Å². The Morgan fingerprint density at radius 2 is 1.95 bits per heavy atom. The summed E-state index contributed by atoms with van der Waals surface area (Å²) in [5, 5.41) is 2.98. The number of anilines is 1. The number of amides is 2. The summed E-state index contributed by atoms with van der Waals surface area (Å²) in [4.78, 5) is 26.0. The highest BCUT2D eigenvalue weighted by atomic mass is 79.9. The Kier molecular flexibility index (Phi) is 3.97. The van der Waals surface area contributed by atoms with Crippen molar-refractivity contribution in [2.24, 2.45) is 0 Å². The number of likely N-dealkylation sites (tertiary alicyclic amines) is 1. The maximum atomic E-state index is 13.3. The van der Waals surface area contributed by atoms with Crippen LogP contribution in [0.2, 0.25) is 0 Å². The molecule has 2 amide bonds.